The second kappa shape index (κ2) is 14.2. The Hall–Kier alpha value is -3.99. The van der Waals surface area contributed by atoms with E-state index in [9.17, 15) is 19.5 Å². The molecule has 46 heavy (non-hydrogen) atoms. The van der Waals surface area contributed by atoms with Crippen molar-refractivity contribution in [2.75, 3.05) is 18.0 Å². The molecule has 0 bridgehead atoms. The molecule has 4 aromatic rings. The summed E-state index contributed by atoms with van der Waals surface area (Å²) in [6.07, 6.45) is 0.791. The highest BCUT2D eigenvalue weighted by Crippen LogP contribution is 2.37. The Morgan fingerprint density at radius 1 is 1.11 bits per heavy atom. The van der Waals surface area contributed by atoms with Crippen LogP contribution in [0.3, 0.4) is 0 Å². The van der Waals surface area contributed by atoms with Gasteiger partial charge in [0.05, 0.1) is 22.8 Å². The van der Waals surface area contributed by atoms with Gasteiger partial charge >= 0.3 is 0 Å². The van der Waals surface area contributed by atoms with Gasteiger partial charge < -0.3 is 30.9 Å². The van der Waals surface area contributed by atoms with Gasteiger partial charge in [0.2, 0.25) is 11.8 Å². The number of aliphatic hydroxyl groups is 1. The number of fused-ring (bicyclic) bond motifs is 2. The number of aromatic amines is 1. The van der Waals surface area contributed by atoms with E-state index in [2.05, 4.69) is 42.9 Å². The molecular weight excluding hydrogens is 646 g/mol. The molecule has 0 aliphatic carbocycles. The Balaban J connectivity index is 1.42. The van der Waals surface area contributed by atoms with Crippen LogP contribution < -0.4 is 20.9 Å². The summed E-state index contributed by atoms with van der Waals surface area (Å²) in [7, 11) is 0. The number of halogens is 1. The van der Waals surface area contributed by atoms with E-state index in [1.165, 1.54) is 0 Å². The van der Waals surface area contributed by atoms with Gasteiger partial charge in [-0.3, -0.25) is 14.4 Å². The number of para-hydroxylation sites is 1. The van der Waals surface area contributed by atoms with E-state index < -0.39 is 17.7 Å². The van der Waals surface area contributed by atoms with Crippen molar-refractivity contribution in [3.05, 3.63) is 87.9 Å². The number of aryl methyl sites for hydroxylation is 1. The number of rotatable bonds is 11. The molecule has 0 unspecified atom stereocenters. The van der Waals surface area contributed by atoms with Gasteiger partial charge in [0.1, 0.15) is 6.04 Å². The lowest BCUT2D eigenvalue weighted by Gasteiger charge is -2.29. The molecule has 242 valence electrons. The molecule has 0 saturated heterocycles. The second-order valence-corrected chi connectivity index (χ2v) is 13.4. The summed E-state index contributed by atoms with van der Waals surface area (Å²) in [5.41, 5.74) is 5.35. The summed E-state index contributed by atoms with van der Waals surface area (Å²) < 4.78 is 0.834. The minimum absolute atomic E-state index is 0.135. The number of hydrogen-bond acceptors (Lipinski definition) is 5. The van der Waals surface area contributed by atoms with Crippen molar-refractivity contribution in [3.8, 4) is 11.3 Å². The van der Waals surface area contributed by atoms with Crippen LogP contribution in [0, 0.1) is 0 Å². The zero-order valence-corrected chi connectivity index (χ0v) is 28.3. The highest BCUT2D eigenvalue weighted by atomic mass is 79.9. The summed E-state index contributed by atoms with van der Waals surface area (Å²) in [6, 6.07) is 20.8. The molecule has 0 spiro atoms. The van der Waals surface area contributed by atoms with E-state index in [0.717, 1.165) is 43.4 Å². The van der Waals surface area contributed by atoms with Gasteiger partial charge in [0.25, 0.3) is 5.91 Å². The molecule has 5 rings (SSSR count). The van der Waals surface area contributed by atoms with E-state index in [4.69, 9.17) is 0 Å². The van der Waals surface area contributed by atoms with Gasteiger partial charge in [-0.25, -0.2) is 0 Å². The number of carbonyl (C=O) groups is 3. The molecule has 0 fully saturated rings. The summed E-state index contributed by atoms with van der Waals surface area (Å²) in [4.78, 5) is 45.3. The number of amides is 3. The number of H-pyrrole nitrogens is 1. The third-order valence-corrected chi connectivity index (χ3v) is 9.10. The Kier molecular flexibility index (Phi) is 10.3. The lowest BCUT2D eigenvalue weighted by Crippen LogP contribution is -2.51. The first-order valence-electron chi connectivity index (χ1n) is 15.8. The molecule has 2 atom stereocenters. The quantitative estimate of drug-likeness (QED) is 0.143. The first kappa shape index (κ1) is 33.4. The van der Waals surface area contributed by atoms with Crippen molar-refractivity contribution in [2.24, 2.45) is 0 Å². The molecule has 3 amide bonds. The number of carbonyl (C=O) groups excluding carboxylic acids is 3. The van der Waals surface area contributed by atoms with Crippen molar-refractivity contribution in [1.29, 1.82) is 0 Å². The Labute approximate surface area is 278 Å². The number of benzene rings is 3. The van der Waals surface area contributed by atoms with Crippen LogP contribution >= 0.6 is 15.9 Å². The predicted molar refractivity (Wildman–Crippen MR) is 186 cm³/mol. The van der Waals surface area contributed by atoms with Gasteiger partial charge in [0, 0.05) is 52.8 Å². The van der Waals surface area contributed by atoms with Crippen molar-refractivity contribution in [1.82, 2.24) is 20.9 Å². The number of nitrogens with zero attached hydrogens (tertiary/aromatic N) is 1. The molecule has 1 aromatic heterocycles. The van der Waals surface area contributed by atoms with Gasteiger partial charge in [-0.2, -0.15) is 0 Å². The van der Waals surface area contributed by atoms with E-state index in [1.807, 2.05) is 81.4 Å². The fourth-order valence-corrected chi connectivity index (χ4v) is 6.61. The summed E-state index contributed by atoms with van der Waals surface area (Å²) in [6.45, 7) is 8.63. The molecule has 9 nitrogen and oxygen atoms in total. The van der Waals surface area contributed by atoms with Gasteiger partial charge in [-0.15, -0.1) is 0 Å². The number of nitrogens with one attached hydrogen (secondary N) is 4. The number of aromatic nitrogens is 1. The highest BCUT2D eigenvalue weighted by Gasteiger charge is 2.33. The van der Waals surface area contributed by atoms with Crippen LogP contribution in [0.1, 0.15) is 62.0 Å². The largest absolute Gasteiger partial charge is 0.392 e. The van der Waals surface area contributed by atoms with E-state index in [-0.39, 0.29) is 24.1 Å². The maximum Gasteiger partial charge on any atom is 0.251 e. The fraction of sp³-hybridized carbons (Fsp3) is 0.361. The van der Waals surface area contributed by atoms with Crippen LogP contribution in [0.5, 0.6) is 0 Å². The molecule has 0 saturated carbocycles. The van der Waals surface area contributed by atoms with E-state index in [1.54, 1.807) is 11.8 Å². The average molecular weight is 689 g/mol. The number of anilines is 1. The van der Waals surface area contributed by atoms with Crippen molar-refractivity contribution in [2.45, 2.75) is 71.2 Å². The zero-order chi connectivity index (χ0) is 33.0. The number of hydrogen-bond donors (Lipinski definition) is 5. The third-order valence-electron chi connectivity index (χ3n) is 8.28. The topological polar surface area (TPSA) is 127 Å². The third kappa shape index (κ3) is 7.52. The normalized spacial score (nSPS) is 15.7. The fourth-order valence-electron chi connectivity index (χ4n) is 5.97. The summed E-state index contributed by atoms with van der Waals surface area (Å²) in [5.74, 6) is -0.507. The van der Waals surface area contributed by atoms with Gasteiger partial charge in [0.15, 0.2) is 0 Å². The zero-order valence-electron chi connectivity index (χ0n) is 26.7. The minimum Gasteiger partial charge on any atom is -0.392 e. The maximum absolute atomic E-state index is 14.1. The van der Waals surface area contributed by atoms with Crippen LogP contribution in [0.25, 0.3) is 22.2 Å². The number of aliphatic hydroxyl groups excluding tert-OH is 1. The van der Waals surface area contributed by atoms with E-state index in [0.29, 0.717) is 38.0 Å². The molecule has 1 aliphatic rings. The molecule has 3 aromatic carbocycles. The SMILES string of the molecule is CCNC(=O)c1ccccc1-c1[nH]c2ccc(CN3C(=O)[C@H](NC(=O)CC(C)(C)NC[C@@H](C)O)CCc4ccccc43)cc2c1Br. The molecule has 2 heterocycles. The van der Waals surface area contributed by atoms with Crippen LogP contribution in [-0.4, -0.2) is 58.6 Å². The highest BCUT2D eigenvalue weighted by molar-refractivity contribution is 9.10. The average Bonchev–Trinajstić information content (AvgIpc) is 3.29. The molecule has 5 N–H and O–H groups in total. The van der Waals surface area contributed by atoms with Crippen LogP contribution in [-0.2, 0) is 22.6 Å². The first-order chi connectivity index (χ1) is 22.0. The van der Waals surface area contributed by atoms with Gasteiger partial charge in [-0.05, 0) is 91.9 Å². The maximum atomic E-state index is 14.1. The van der Waals surface area contributed by atoms with Crippen LogP contribution in [0.4, 0.5) is 5.69 Å². The summed E-state index contributed by atoms with van der Waals surface area (Å²) in [5, 5.41) is 19.7. The molecule has 1 aliphatic heterocycles. The smallest absolute Gasteiger partial charge is 0.251 e. The summed E-state index contributed by atoms with van der Waals surface area (Å²) >= 11 is 3.79. The van der Waals surface area contributed by atoms with Crippen LogP contribution in [0.15, 0.2) is 71.2 Å². The first-order valence-corrected chi connectivity index (χ1v) is 16.6. The second-order valence-electron chi connectivity index (χ2n) is 12.6. The monoisotopic (exact) mass is 687 g/mol. The number of β-amino-alcohol motifs (C(OH)–C–C–N with tert-alkyl or cyclic N) is 1. The van der Waals surface area contributed by atoms with Crippen molar-refractivity contribution < 1.29 is 19.5 Å². The predicted octanol–water partition coefficient (Wildman–Crippen LogP) is 5.45. The Morgan fingerprint density at radius 3 is 2.61 bits per heavy atom. The molecule has 10 heteroatoms. The van der Waals surface area contributed by atoms with Crippen molar-refractivity contribution in [3.63, 3.8) is 0 Å². The van der Waals surface area contributed by atoms with Crippen molar-refractivity contribution >= 4 is 50.2 Å². The van der Waals surface area contributed by atoms with Crippen LogP contribution in [0.2, 0.25) is 0 Å². The Morgan fingerprint density at radius 2 is 1.85 bits per heavy atom. The Bertz CT molecular complexity index is 1750. The minimum atomic E-state index is -0.674. The standard InChI is InChI=1S/C36H42BrN5O4/c1-5-38-34(45)26-12-8-7-11-25(26)33-32(37)27-18-23(14-16-28(27)41-33)21-42-30-13-9-6-10-24(30)15-17-29(35(42)46)40-31(44)19-36(3,4)39-20-22(2)43/h6-14,16,18,22,29,39,41,43H,5,15,17,19-21H2,1-4H3,(H,38,45)(H,40,44)/t22-,29-/m1/s1. The molecular formula is C36H42BrN5O4. The lowest BCUT2D eigenvalue weighted by molar-refractivity contribution is -0.128. The van der Waals surface area contributed by atoms with Gasteiger partial charge in [-0.1, -0.05) is 42.5 Å². The van der Waals surface area contributed by atoms with E-state index >= 15 is 0 Å². The molecule has 0 radical (unpaired) electrons. The lowest BCUT2D eigenvalue weighted by atomic mass is 9.99.